The van der Waals surface area contributed by atoms with Gasteiger partial charge in [0.15, 0.2) is 0 Å². The molecule has 1 heterocycles. The van der Waals surface area contributed by atoms with E-state index in [2.05, 4.69) is 17.2 Å². The maximum atomic E-state index is 12.1. The number of carbonyl (C=O) groups is 1. The fourth-order valence-corrected chi connectivity index (χ4v) is 2.35. The van der Waals surface area contributed by atoms with E-state index in [-0.39, 0.29) is 18.1 Å². The molecule has 0 bridgehead atoms. The summed E-state index contributed by atoms with van der Waals surface area (Å²) in [6, 6.07) is 7.80. The summed E-state index contributed by atoms with van der Waals surface area (Å²) in [7, 11) is 0. The first-order valence-electron chi connectivity index (χ1n) is 7.41. The Labute approximate surface area is 126 Å². The molecule has 2 atom stereocenters. The van der Waals surface area contributed by atoms with E-state index in [0.717, 1.165) is 30.4 Å². The SMILES string of the molecule is CC(NC(=O)C1CCCCO1)c1ccc(C#CCN)cc1. The van der Waals surface area contributed by atoms with Crippen LogP contribution in [0.5, 0.6) is 0 Å². The van der Waals surface area contributed by atoms with Gasteiger partial charge in [0.25, 0.3) is 0 Å². The highest BCUT2D eigenvalue weighted by atomic mass is 16.5. The molecule has 0 saturated carbocycles. The lowest BCUT2D eigenvalue weighted by molar-refractivity contribution is -0.136. The number of benzene rings is 1. The number of ether oxygens (including phenoxy) is 1. The van der Waals surface area contributed by atoms with E-state index in [4.69, 9.17) is 10.5 Å². The first kappa shape index (κ1) is 15.6. The monoisotopic (exact) mass is 286 g/mol. The molecule has 2 rings (SSSR count). The van der Waals surface area contributed by atoms with Crippen LogP contribution in [0.3, 0.4) is 0 Å². The fourth-order valence-electron chi connectivity index (χ4n) is 2.35. The van der Waals surface area contributed by atoms with Gasteiger partial charge < -0.3 is 15.8 Å². The second kappa shape index (κ2) is 7.82. The summed E-state index contributed by atoms with van der Waals surface area (Å²) >= 11 is 0. The zero-order valence-corrected chi connectivity index (χ0v) is 12.4. The first-order valence-corrected chi connectivity index (χ1v) is 7.41. The van der Waals surface area contributed by atoms with Gasteiger partial charge in [-0.3, -0.25) is 4.79 Å². The quantitative estimate of drug-likeness (QED) is 0.832. The minimum absolute atomic E-state index is 0.0193. The molecule has 0 aromatic heterocycles. The van der Waals surface area contributed by atoms with Crippen molar-refractivity contribution >= 4 is 5.91 Å². The van der Waals surface area contributed by atoms with Crippen LogP contribution in [0.25, 0.3) is 0 Å². The minimum Gasteiger partial charge on any atom is -0.368 e. The van der Waals surface area contributed by atoms with Gasteiger partial charge in [-0.25, -0.2) is 0 Å². The zero-order valence-electron chi connectivity index (χ0n) is 12.4. The van der Waals surface area contributed by atoms with Gasteiger partial charge >= 0.3 is 0 Å². The Morgan fingerprint density at radius 1 is 1.43 bits per heavy atom. The Kier molecular flexibility index (Phi) is 5.79. The standard InChI is InChI=1S/C17H22N2O2/c1-13(19-17(20)16-6-2-3-12-21-16)15-9-7-14(8-10-15)5-4-11-18/h7-10,13,16H,2-3,6,11-12,18H2,1H3,(H,19,20). The Hall–Kier alpha value is -1.83. The Morgan fingerprint density at radius 2 is 2.19 bits per heavy atom. The van der Waals surface area contributed by atoms with Crippen molar-refractivity contribution in [1.29, 1.82) is 0 Å². The maximum absolute atomic E-state index is 12.1. The van der Waals surface area contributed by atoms with Crippen LogP contribution in [0.4, 0.5) is 0 Å². The van der Waals surface area contributed by atoms with Crippen molar-refractivity contribution in [3.63, 3.8) is 0 Å². The second-order valence-corrected chi connectivity index (χ2v) is 5.21. The molecule has 2 unspecified atom stereocenters. The predicted molar refractivity (Wildman–Crippen MR) is 82.5 cm³/mol. The van der Waals surface area contributed by atoms with E-state index in [1.807, 2.05) is 31.2 Å². The van der Waals surface area contributed by atoms with E-state index in [1.165, 1.54) is 0 Å². The van der Waals surface area contributed by atoms with Crippen molar-refractivity contribution in [2.45, 2.75) is 38.3 Å². The van der Waals surface area contributed by atoms with Crippen LogP contribution in [0.15, 0.2) is 24.3 Å². The molecule has 1 aromatic rings. The summed E-state index contributed by atoms with van der Waals surface area (Å²) in [6.45, 7) is 3.01. The van der Waals surface area contributed by atoms with Gasteiger partial charge in [-0.2, -0.15) is 0 Å². The molecule has 1 aromatic carbocycles. The van der Waals surface area contributed by atoms with E-state index >= 15 is 0 Å². The second-order valence-electron chi connectivity index (χ2n) is 5.21. The number of rotatable bonds is 3. The van der Waals surface area contributed by atoms with Crippen LogP contribution in [0, 0.1) is 11.8 Å². The molecule has 3 N–H and O–H groups in total. The van der Waals surface area contributed by atoms with Gasteiger partial charge in [0.2, 0.25) is 5.91 Å². The van der Waals surface area contributed by atoms with Crippen molar-refractivity contribution < 1.29 is 9.53 Å². The minimum atomic E-state index is -0.295. The number of hydrogen-bond donors (Lipinski definition) is 2. The molecular formula is C17H22N2O2. The molecule has 4 nitrogen and oxygen atoms in total. The number of nitrogens with two attached hydrogens (primary N) is 1. The highest BCUT2D eigenvalue weighted by molar-refractivity contribution is 5.81. The number of nitrogens with one attached hydrogen (secondary N) is 1. The highest BCUT2D eigenvalue weighted by Gasteiger charge is 2.23. The van der Waals surface area contributed by atoms with Crippen molar-refractivity contribution in [2.24, 2.45) is 5.73 Å². The molecular weight excluding hydrogens is 264 g/mol. The molecule has 4 heteroatoms. The molecule has 112 valence electrons. The van der Waals surface area contributed by atoms with E-state index in [1.54, 1.807) is 0 Å². The third-order valence-electron chi connectivity index (χ3n) is 3.58. The molecule has 21 heavy (non-hydrogen) atoms. The largest absolute Gasteiger partial charge is 0.368 e. The topological polar surface area (TPSA) is 64.3 Å². The molecule has 1 fully saturated rings. The average Bonchev–Trinajstić information content (AvgIpc) is 2.54. The highest BCUT2D eigenvalue weighted by Crippen LogP contribution is 2.16. The molecule has 1 amide bonds. The number of carbonyl (C=O) groups excluding carboxylic acids is 1. The lowest BCUT2D eigenvalue weighted by Gasteiger charge is -2.24. The zero-order chi connectivity index (χ0) is 15.1. The molecule has 1 saturated heterocycles. The summed E-state index contributed by atoms with van der Waals surface area (Å²) in [5.74, 6) is 5.78. The van der Waals surface area contributed by atoms with Crippen LogP contribution in [-0.2, 0) is 9.53 Å². The molecule has 0 spiro atoms. The van der Waals surface area contributed by atoms with Crippen molar-refractivity contribution in [2.75, 3.05) is 13.2 Å². The van der Waals surface area contributed by atoms with Crippen molar-refractivity contribution in [3.05, 3.63) is 35.4 Å². The van der Waals surface area contributed by atoms with Gasteiger partial charge in [-0.05, 0) is 43.9 Å². The maximum Gasteiger partial charge on any atom is 0.249 e. The summed E-state index contributed by atoms with van der Waals surface area (Å²) in [4.78, 5) is 12.1. The Morgan fingerprint density at radius 3 is 2.81 bits per heavy atom. The van der Waals surface area contributed by atoms with Gasteiger partial charge in [0, 0.05) is 12.2 Å². The fraction of sp³-hybridized carbons (Fsp3) is 0.471. The van der Waals surface area contributed by atoms with E-state index in [9.17, 15) is 4.79 Å². The lowest BCUT2D eigenvalue weighted by atomic mass is 10.0. The normalized spacial score (nSPS) is 19.2. The average molecular weight is 286 g/mol. The first-order chi connectivity index (χ1) is 10.2. The van der Waals surface area contributed by atoms with E-state index < -0.39 is 0 Å². The lowest BCUT2D eigenvalue weighted by Crippen LogP contribution is -2.39. The van der Waals surface area contributed by atoms with Crippen molar-refractivity contribution in [1.82, 2.24) is 5.32 Å². The van der Waals surface area contributed by atoms with Gasteiger partial charge in [-0.15, -0.1) is 0 Å². The summed E-state index contributed by atoms with van der Waals surface area (Å²) in [5.41, 5.74) is 7.33. The Bertz CT molecular complexity index is 522. The van der Waals surface area contributed by atoms with Gasteiger partial charge in [0.05, 0.1) is 12.6 Å². The molecule has 0 radical (unpaired) electrons. The third kappa shape index (κ3) is 4.59. The van der Waals surface area contributed by atoms with E-state index in [0.29, 0.717) is 13.2 Å². The summed E-state index contributed by atoms with van der Waals surface area (Å²) in [6.07, 6.45) is 2.62. The predicted octanol–water partition coefficient (Wildman–Crippen LogP) is 1.74. The number of hydrogen-bond acceptors (Lipinski definition) is 3. The van der Waals surface area contributed by atoms with Crippen molar-refractivity contribution in [3.8, 4) is 11.8 Å². The third-order valence-corrected chi connectivity index (χ3v) is 3.58. The van der Waals surface area contributed by atoms with Crippen LogP contribution >= 0.6 is 0 Å². The summed E-state index contributed by atoms with van der Waals surface area (Å²) in [5, 5.41) is 3.01. The molecule has 0 aliphatic carbocycles. The van der Waals surface area contributed by atoms with Crippen LogP contribution in [-0.4, -0.2) is 25.2 Å². The molecule has 1 aliphatic heterocycles. The smallest absolute Gasteiger partial charge is 0.249 e. The van der Waals surface area contributed by atoms with Crippen LogP contribution in [0.2, 0.25) is 0 Å². The number of amides is 1. The summed E-state index contributed by atoms with van der Waals surface area (Å²) < 4.78 is 5.50. The van der Waals surface area contributed by atoms with Gasteiger partial charge in [-0.1, -0.05) is 24.0 Å². The van der Waals surface area contributed by atoms with Crippen LogP contribution in [0.1, 0.15) is 43.4 Å². The van der Waals surface area contributed by atoms with Crippen LogP contribution < -0.4 is 11.1 Å². The molecule has 1 aliphatic rings. The Balaban J connectivity index is 1.93. The van der Waals surface area contributed by atoms with Gasteiger partial charge in [0.1, 0.15) is 6.10 Å².